The molecule has 15 heavy (non-hydrogen) atoms. The molecule has 0 bridgehead atoms. The molecule has 0 aliphatic carbocycles. The van der Waals surface area contributed by atoms with E-state index in [9.17, 15) is 4.79 Å². The van der Waals surface area contributed by atoms with E-state index in [0.29, 0.717) is 19.0 Å². The molecule has 0 aromatic carbocycles. The molecule has 1 rings (SSSR count). The van der Waals surface area contributed by atoms with Crippen molar-refractivity contribution in [3.05, 3.63) is 0 Å². The number of hydrogen-bond donors (Lipinski definition) is 1. The SMILES string of the molecule is CCCC(C)C(=O)C1COCC1NCC. The van der Waals surface area contributed by atoms with Crippen molar-refractivity contribution in [3.8, 4) is 0 Å². The van der Waals surface area contributed by atoms with Crippen molar-refractivity contribution in [1.82, 2.24) is 5.32 Å². The van der Waals surface area contributed by atoms with Crippen LogP contribution in [0.15, 0.2) is 0 Å². The zero-order valence-electron chi connectivity index (χ0n) is 10.1. The van der Waals surface area contributed by atoms with Gasteiger partial charge in [-0.15, -0.1) is 0 Å². The van der Waals surface area contributed by atoms with E-state index in [1.807, 2.05) is 6.92 Å². The lowest BCUT2D eigenvalue weighted by Crippen LogP contribution is -2.40. The van der Waals surface area contributed by atoms with E-state index < -0.39 is 0 Å². The van der Waals surface area contributed by atoms with Gasteiger partial charge in [0.2, 0.25) is 0 Å². The number of Topliss-reactive ketones (excluding diaryl/α,β-unsaturated/α-hetero) is 1. The third-order valence-electron chi connectivity index (χ3n) is 3.12. The number of nitrogens with one attached hydrogen (secondary N) is 1. The molecule has 1 N–H and O–H groups in total. The average molecular weight is 213 g/mol. The zero-order valence-corrected chi connectivity index (χ0v) is 10.1. The molecule has 3 heteroatoms. The Morgan fingerprint density at radius 1 is 1.47 bits per heavy atom. The minimum Gasteiger partial charge on any atom is -0.379 e. The third-order valence-corrected chi connectivity index (χ3v) is 3.12. The van der Waals surface area contributed by atoms with Crippen molar-refractivity contribution < 1.29 is 9.53 Å². The van der Waals surface area contributed by atoms with Gasteiger partial charge in [0.25, 0.3) is 0 Å². The highest BCUT2D eigenvalue weighted by molar-refractivity contribution is 5.84. The van der Waals surface area contributed by atoms with E-state index in [0.717, 1.165) is 19.4 Å². The first-order valence-electron chi connectivity index (χ1n) is 6.05. The van der Waals surface area contributed by atoms with Crippen LogP contribution in [0.2, 0.25) is 0 Å². The van der Waals surface area contributed by atoms with Crippen LogP contribution in [0.1, 0.15) is 33.6 Å². The van der Waals surface area contributed by atoms with Gasteiger partial charge in [-0.05, 0) is 13.0 Å². The lowest BCUT2D eigenvalue weighted by atomic mass is 9.88. The molecule has 0 aromatic heterocycles. The molecular formula is C12H23NO2. The second kappa shape index (κ2) is 6.23. The fourth-order valence-electron chi connectivity index (χ4n) is 2.24. The normalized spacial score (nSPS) is 27.9. The van der Waals surface area contributed by atoms with Gasteiger partial charge in [-0.2, -0.15) is 0 Å². The number of rotatable bonds is 6. The maximum absolute atomic E-state index is 12.1. The topological polar surface area (TPSA) is 38.3 Å². The minimum absolute atomic E-state index is 0.0755. The highest BCUT2D eigenvalue weighted by Gasteiger charge is 2.35. The van der Waals surface area contributed by atoms with Crippen LogP contribution in [-0.4, -0.2) is 31.6 Å². The summed E-state index contributed by atoms with van der Waals surface area (Å²) in [5.74, 6) is 0.634. The Hall–Kier alpha value is -0.410. The summed E-state index contributed by atoms with van der Waals surface area (Å²) >= 11 is 0. The smallest absolute Gasteiger partial charge is 0.142 e. The lowest BCUT2D eigenvalue weighted by molar-refractivity contribution is -0.127. The Kier molecular flexibility index (Phi) is 5.26. The summed E-state index contributed by atoms with van der Waals surface area (Å²) in [7, 11) is 0. The molecule has 0 amide bonds. The number of likely N-dealkylation sites (N-methyl/N-ethyl adjacent to an activating group) is 1. The molecule has 0 aromatic rings. The predicted octanol–water partition coefficient (Wildman–Crippen LogP) is 1.62. The van der Waals surface area contributed by atoms with E-state index >= 15 is 0 Å². The zero-order chi connectivity index (χ0) is 11.3. The lowest BCUT2D eigenvalue weighted by Gasteiger charge is -2.20. The van der Waals surface area contributed by atoms with E-state index in [4.69, 9.17) is 4.74 Å². The Morgan fingerprint density at radius 2 is 2.20 bits per heavy atom. The van der Waals surface area contributed by atoms with Crippen LogP contribution in [-0.2, 0) is 9.53 Å². The Bertz CT molecular complexity index is 206. The van der Waals surface area contributed by atoms with Crippen molar-refractivity contribution in [2.24, 2.45) is 11.8 Å². The maximum atomic E-state index is 12.1. The second-order valence-corrected chi connectivity index (χ2v) is 4.40. The molecule has 1 heterocycles. The van der Waals surface area contributed by atoms with Gasteiger partial charge in [0, 0.05) is 12.0 Å². The standard InChI is InChI=1S/C12H23NO2/c1-4-6-9(3)12(14)10-7-15-8-11(10)13-5-2/h9-11,13H,4-8H2,1-3H3. The summed E-state index contributed by atoms with van der Waals surface area (Å²) in [6.45, 7) is 8.41. The largest absolute Gasteiger partial charge is 0.379 e. The van der Waals surface area contributed by atoms with E-state index in [1.165, 1.54) is 0 Å². The number of carbonyl (C=O) groups excluding carboxylic acids is 1. The Morgan fingerprint density at radius 3 is 2.80 bits per heavy atom. The van der Waals surface area contributed by atoms with Crippen LogP contribution in [0, 0.1) is 11.8 Å². The highest BCUT2D eigenvalue weighted by Crippen LogP contribution is 2.21. The van der Waals surface area contributed by atoms with Crippen LogP contribution in [0.5, 0.6) is 0 Å². The van der Waals surface area contributed by atoms with Gasteiger partial charge >= 0.3 is 0 Å². The van der Waals surface area contributed by atoms with Gasteiger partial charge in [0.05, 0.1) is 19.1 Å². The van der Waals surface area contributed by atoms with Crippen LogP contribution in [0.4, 0.5) is 0 Å². The summed E-state index contributed by atoms with van der Waals surface area (Å²) in [6, 6.07) is 0.238. The maximum Gasteiger partial charge on any atom is 0.142 e. The van der Waals surface area contributed by atoms with E-state index in [2.05, 4.69) is 19.2 Å². The summed E-state index contributed by atoms with van der Waals surface area (Å²) in [4.78, 5) is 12.1. The molecule has 1 fully saturated rings. The van der Waals surface area contributed by atoms with Crippen molar-refractivity contribution in [3.63, 3.8) is 0 Å². The minimum atomic E-state index is 0.0755. The molecule has 0 saturated carbocycles. The molecule has 1 aliphatic rings. The van der Waals surface area contributed by atoms with Crippen molar-refractivity contribution in [1.29, 1.82) is 0 Å². The second-order valence-electron chi connectivity index (χ2n) is 4.40. The van der Waals surface area contributed by atoms with Gasteiger partial charge in [-0.25, -0.2) is 0 Å². The van der Waals surface area contributed by atoms with E-state index in [-0.39, 0.29) is 17.9 Å². The molecule has 3 atom stereocenters. The van der Waals surface area contributed by atoms with E-state index in [1.54, 1.807) is 0 Å². The predicted molar refractivity (Wildman–Crippen MR) is 60.9 cm³/mol. The monoisotopic (exact) mass is 213 g/mol. The van der Waals surface area contributed by atoms with Crippen LogP contribution < -0.4 is 5.32 Å². The third kappa shape index (κ3) is 3.28. The van der Waals surface area contributed by atoms with Crippen molar-refractivity contribution in [2.75, 3.05) is 19.8 Å². The molecule has 1 aliphatic heterocycles. The van der Waals surface area contributed by atoms with Gasteiger partial charge in [0.15, 0.2) is 0 Å². The van der Waals surface area contributed by atoms with Gasteiger partial charge in [0.1, 0.15) is 5.78 Å². The van der Waals surface area contributed by atoms with Crippen molar-refractivity contribution in [2.45, 2.75) is 39.7 Å². The quantitative estimate of drug-likeness (QED) is 0.728. The Labute approximate surface area is 92.6 Å². The number of hydrogen-bond acceptors (Lipinski definition) is 3. The van der Waals surface area contributed by atoms with Gasteiger partial charge in [-0.3, -0.25) is 4.79 Å². The molecular weight excluding hydrogens is 190 g/mol. The summed E-state index contributed by atoms with van der Waals surface area (Å²) in [5, 5.41) is 3.33. The molecule has 1 saturated heterocycles. The fraction of sp³-hybridized carbons (Fsp3) is 0.917. The molecule has 3 unspecified atom stereocenters. The number of carbonyl (C=O) groups is 1. The van der Waals surface area contributed by atoms with Crippen LogP contribution in [0.25, 0.3) is 0 Å². The Balaban J connectivity index is 2.50. The van der Waals surface area contributed by atoms with Gasteiger partial charge in [-0.1, -0.05) is 27.2 Å². The first kappa shape index (κ1) is 12.7. The molecule has 88 valence electrons. The number of ketones is 1. The summed E-state index contributed by atoms with van der Waals surface area (Å²) < 4.78 is 5.39. The van der Waals surface area contributed by atoms with Crippen LogP contribution >= 0.6 is 0 Å². The summed E-state index contributed by atoms with van der Waals surface area (Å²) in [6.07, 6.45) is 2.07. The first-order valence-corrected chi connectivity index (χ1v) is 6.05. The molecule has 0 spiro atoms. The molecule has 0 radical (unpaired) electrons. The average Bonchev–Trinajstić information content (AvgIpc) is 2.66. The first-order chi connectivity index (χ1) is 7.20. The van der Waals surface area contributed by atoms with Crippen molar-refractivity contribution >= 4 is 5.78 Å². The van der Waals surface area contributed by atoms with Gasteiger partial charge < -0.3 is 10.1 Å². The summed E-state index contributed by atoms with van der Waals surface area (Å²) in [5.41, 5.74) is 0. The number of ether oxygens (including phenoxy) is 1. The van der Waals surface area contributed by atoms with Crippen LogP contribution in [0.3, 0.4) is 0 Å². The molecule has 3 nitrogen and oxygen atoms in total. The highest BCUT2D eigenvalue weighted by atomic mass is 16.5. The fourth-order valence-corrected chi connectivity index (χ4v) is 2.24.